The third kappa shape index (κ3) is 67.0. The van der Waals surface area contributed by atoms with E-state index in [4.69, 9.17) is 37.0 Å². The first-order valence-corrected chi connectivity index (χ1v) is 41.5. The topological polar surface area (TPSA) is 237 Å². The molecule has 0 aromatic carbocycles. The predicted molar refractivity (Wildman–Crippen MR) is 377 cm³/mol. The molecule has 552 valence electrons. The summed E-state index contributed by atoms with van der Waals surface area (Å²) < 4.78 is 68.5. The highest BCUT2D eigenvalue weighted by Gasteiger charge is 2.30. The average Bonchev–Trinajstić information content (AvgIpc) is 2.30. The Morgan fingerprint density at radius 2 is 0.548 bits per heavy atom. The normalized spacial score (nSPS) is 14.3. The minimum atomic E-state index is -4.96. The van der Waals surface area contributed by atoms with E-state index in [2.05, 4.69) is 41.5 Å². The molecule has 0 saturated heterocycles. The van der Waals surface area contributed by atoms with Crippen LogP contribution in [0.4, 0.5) is 0 Å². The molecule has 0 aromatic rings. The van der Waals surface area contributed by atoms with Gasteiger partial charge in [-0.25, -0.2) is 9.13 Å². The maximum absolute atomic E-state index is 13.1. The maximum Gasteiger partial charge on any atom is 0.472 e. The number of hydrogen-bond donors (Lipinski definition) is 3. The van der Waals surface area contributed by atoms with Crippen LogP contribution in [-0.4, -0.2) is 96.7 Å². The molecule has 3 N–H and O–H groups in total. The van der Waals surface area contributed by atoms with Gasteiger partial charge in [0.25, 0.3) is 0 Å². The largest absolute Gasteiger partial charge is 0.472 e. The molecule has 0 spiro atoms. The van der Waals surface area contributed by atoms with E-state index in [0.29, 0.717) is 25.7 Å². The zero-order chi connectivity index (χ0) is 68.6. The molecule has 0 amide bonds. The molecule has 3 unspecified atom stereocenters. The van der Waals surface area contributed by atoms with E-state index in [1.165, 1.54) is 199 Å². The van der Waals surface area contributed by atoms with Crippen molar-refractivity contribution in [1.29, 1.82) is 0 Å². The fourth-order valence-electron chi connectivity index (χ4n) is 11.3. The molecule has 0 aliphatic carbocycles. The van der Waals surface area contributed by atoms with Crippen molar-refractivity contribution in [2.45, 2.75) is 400 Å². The summed E-state index contributed by atoms with van der Waals surface area (Å²) in [4.78, 5) is 72.7. The van der Waals surface area contributed by atoms with Gasteiger partial charge in [0, 0.05) is 25.7 Å². The van der Waals surface area contributed by atoms with Crippen LogP contribution in [0, 0.1) is 11.8 Å². The number of ether oxygens (including phenoxy) is 4. The van der Waals surface area contributed by atoms with Crippen molar-refractivity contribution in [3.05, 3.63) is 0 Å². The number of phosphoric acid groups is 2. The molecule has 0 aliphatic rings. The Hall–Kier alpha value is -1.94. The Morgan fingerprint density at radius 3 is 0.817 bits per heavy atom. The van der Waals surface area contributed by atoms with Gasteiger partial charge in [0.15, 0.2) is 12.2 Å². The van der Waals surface area contributed by atoms with Crippen LogP contribution in [0.25, 0.3) is 0 Å². The lowest BCUT2D eigenvalue weighted by Crippen LogP contribution is -2.30. The second-order valence-electron chi connectivity index (χ2n) is 27.4. The van der Waals surface area contributed by atoms with Crippen molar-refractivity contribution >= 4 is 39.5 Å². The Bertz CT molecular complexity index is 1810. The number of aliphatic hydroxyl groups is 1. The molecule has 0 rings (SSSR count). The fourth-order valence-corrected chi connectivity index (χ4v) is 12.8. The highest BCUT2D eigenvalue weighted by atomic mass is 31.2. The molecule has 0 heterocycles. The number of carbonyl (C=O) groups excluding carboxylic acids is 4. The van der Waals surface area contributed by atoms with E-state index >= 15 is 0 Å². The van der Waals surface area contributed by atoms with Crippen LogP contribution in [0.1, 0.15) is 382 Å². The van der Waals surface area contributed by atoms with Gasteiger partial charge in [-0.15, -0.1) is 0 Å². The summed E-state index contributed by atoms with van der Waals surface area (Å²) in [6.07, 6.45) is 52.5. The molecule has 0 aliphatic heterocycles. The zero-order valence-electron chi connectivity index (χ0n) is 60.6. The SMILES string of the molecule is CCCCCCCCCCCCCCCCCCC(=O)O[C@H](COC(=O)CCCCCCCCCCCCC(C)CC)COP(=O)(O)OC[C@@H](O)COP(=O)(O)OC[C@@H](COC(=O)CCCCCCCCCCC(C)C)OC(=O)CCCCCCCCCCCCCC. The van der Waals surface area contributed by atoms with E-state index < -0.39 is 97.5 Å². The van der Waals surface area contributed by atoms with Crippen molar-refractivity contribution in [1.82, 2.24) is 0 Å². The molecule has 17 nitrogen and oxygen atoms in total. The van der Waals surface area contributed by atoms with Crippen LogP contribution in [0.5, 0.6) is 0 Å². The fraction of sp³-hybridized carbons (Fsp3) is 0.946. The number of aliphatic hydroxyl groups excluding tert-OH is 1. The number of hydrogen-bond acceptors (Lipinski definition) is 15. The summed E-state index contributed by atoms with van der Waals surface area (Å²) in [5.74, 6) is -0.580. The van der Waals surface area contributed by atoms with E-state index in [9.17, 15) is 43.2 Å². The number of unbranched alkanes of at least 4 members (excludes halogenated alkanes) is 42. The van der Waals surface area contributed by atoms with Crippen molar-refractivity contribution in [2.75, 3.05) is 39.6 Å². The Morgan fingerprint density at radius 1 is 0.312 bits per heavy atom. The van der Waals surface area contributed by atoms with E-state index in [1.54, 1.807) is 0 Å². The summed E-state index contributed by atoms with van der Waals surface area (Å²) in [7, 11) is -9.91. The molecule has 93 heavy (non-hydrogen) atoms. The summed E-state index contributed by atoms with van der Waals surface area (Å²) in [6.45, 7) is 9.58. The van der Waals surface area contributed by atoms with Crippen LogP contribution < -0.4 is 0 Å². The summed E-state index contributed by atoms with van der Waals surface area (Å²) in [5, 5.41) is 10.6. The van der Waals surface area contributed by atoms with E-state index in [1.807, 2.05) is 0 Å². The lowest BCUT2D eigenvalue weighted by molar-refractivity contribution is -0.161. The van der Waals surface area contributed by atoms with Gasteiger partial charge in [-0.1, -0.05) is 330 Å². The zero-order valence-corrected chi connectivity index (χ0v) is 62.3. The maximum atomic E-state index is 13.1. The van der Waals surface area contributed by atoms with E-state index in [0.717, 1.165) is 102 Å². The average molecular weight is 1370 g/mol. The molecular formula is C74H144O17P2. The summed E-state index contributed by atoms with van der Waals surface area (Å²) in [5.41, 5.74) is 0. The lowest BCUT2D eigenvalue weighted by atomic mass is 9.99. The minimum Gasteiger partial charge on any atom is -0.462 e. The van der Waals surface area contributed by atoms with Crippen LogP contribution in [0.3, 0.4) is 0 Å². The molecule has 0 radical (unpaired) electrons. The van der Waals surface area contributed by atoms with Gasteiger partial charge in [0.2, 0.25) is 0 Å². The van der Waals surface area contributed by atoms with Gasteiger partial charge in [0.1, 0.15) is 19.3 Å². The minimum absolute atomic E-state index is 0.107. The lowest BCUT2D eigenvalue weighted by Gasteiger charge is -2.21. The summed E-state index contributed by atoms with van der Waals surface area (Å²) in [6, 6.07) is 0. The highest BCUT2D eigenvalue weighted by Crippen LogP contribution is 2.45. The second kappa shape index (κ2) is 66.0. The van der Waals surface area contributed by atoms with Crippen LogP contribution in [0.15, 0.2) is 0 Å². The first-order chi connectivity index (χ1) is 44.9. The van der Waals surface area contributed by atoms with Gasteiger partial charge < -0.3 is 33.8 Å². The smallest absolute Gasteiger partial charge is 0.462 e. The molecule has 0 saturated carbocycles. The Balaban J connectivity index is 5.26. The standard InChI is InChI=1S/C74H144O17P2/c1-7-10-12-14-16-18-20-22-23-24-25-27-33-41-47-53-59-74(79)90-69(62-84-71(76)56-50-44-38-31-29-28-30-37-43-49-55-67(6)9-3)64-88-92(80,81)86-60-68(75)61-87-93(82,83)89-65-70(63-85-72(77)57-51-45-39-35-34-36-42-48-54-66(4)5)91-73(78)58-52-46-40-32-26-21-19-17-15-13-11-8-2/h66-70,75H,7-65H2,1-6H3,(H,80,81)(H,82,83)/t67?,68-,69-,70-/m1/s1. The second-order valence-corrected chi connectivity index (χ2v) is 30.3. The van der Waals surface area contributed by atoms with Crippen LogP contribution >= 0.6 is 15.6 Å². The van der Waals surface area contributed by atoms with Crippen molar-refractivity contribution in [3.8, 4) is 0 Å². The van der Waals surface area contributed by atoms with Gasteiger partial charge in [-0.3, -0.25) is 37.3 Å². The monoisotopic (exact) mass is 1370 g/mol. The molecule has 0 aromatic heterocycles. The molecule has 0 bridgehead atoms. The van der Waals surface area contributed by atoms with E-state index in [-0.39, 0.29) is 25.7 Å². The third-order valence-corrected chi connectivity index (χ3v) is 19.5. The summed E-state index contributed by atoms with van der Waals surface area (Å²) >= 11 is 0. The molecule has 0 fully saturated rings. The Kier molecular flexibility index (Phi) is 64.6. The highest BCUT2D eigenvalue weighted by molar-refractivity contribution is 7.47. The number of phosphoric ester groups is 2. The molecular weight excluding hydrogens is 1220 g/mol. The van der Waals surface area contributed by atoms with Crippen molar-refractivity contribution in [2.24, 2.45) is 11.8 Å². The number of rotatable bonds is 73. The molecule has 6 atom stereocenters. The quantitative estimate of drug-likeness (QED) is 0.0222. The predicted octanol–water partition coefficient (Wildman–Crippen LogP) is 21.6. The molecule has 19 heteroatoms. The van der Waals surface area contributed by atoms with Gasteiger partial charge in [-0.05, 0) is 37.5 Å². The van der Waals surface area contributed by atoms with Crippen LogP contribution in [-0.2, 0) is 65.4 Å². The van der Waals surface area contributed by atoms with Crippen molar-refractivity contribution in [3.63, 3.8) is 0 Å². The van der Waals surface area contributed by atoms with Gasteiger partial charge in [0.05, 0.1) is 26.4 Å². The Labute approximate surface area is 568 Å². The first kappa shape index (κ1) is 91.1. The van der Waals surface area contributed by atoms with Gasteiger partial charge >= 0.3 is 39.5 Å². The van der Waals surface area contributed by atoms with Gasteiger partial charge in [-0.2, -0.15) is 0 Å². The first-order valence-electron chi connectivity index (χ1n) is 38.5. The number of carbonyl (C=O) groups is 4. The third-order valence-electron chi connectivity index (χ3n) is 17.6. The number of esters is 4. The van der Waals surface area contributed by atoms with Crippen molar-refractivity contribution < 1.29 is 80.2 Å². The van der Waals surface area contributed by atoms with Crippen LogP contribution in [0.2, 0.25) is 0 Å².